The van der Waals surface area contributed by atoms with Gasteiger partial charge >= 0.3 is 0 Å². The number of aromatic nitrogens is 3. The molecule has 1 amide bonds. The number of nitrogens with two attached hydrogens (primary N) is 1. The smallest absolute Gasteiger partial charge is 0.237 e. The van der Waals surface area contributed by atoms with Gasteiger partial charge in [0.15, 0.2) is 0 Å². The van der Waals surface area contributed by atoms with E-state index in [2.05, 4.69) is 30.6 Å². The van der Waals surface area contributed by atoms with Crippen LogP contribution in [0.3, 0.4) is 0 Å². The summed E-state index contributed by atoms with van der Waals surface area (Å²) < 4.78 is 0. The molecule has 0 radical (unpaired) electrons. The minimum atomic E-state index is -0.378. The maximum absolute atomic E-state index is 11.6. The van der Waals surface area contributed by atoms with Crippen LogP contribution in [-0.2, 0) is 4.79 Å². The van der Waals surface area contributed by atoms with Crippen LogP contribution in [-0.4, -0.2) is 78.9 Å². The van der Waals surface area contributed by atoms with Gasteiger partial charge in [-0.3, -0.25) is 9.69 Å². The number of anilines is 2. The highest BCUT2D eigenvalue weighted by Gasteiger charge is 2.26. The number of piperazine rings is 1. The molecular formula is C32H62BN7O. The SMILES string of the molecule is CCCCCCCCBc1nc(N(C)CC(N)=O)nc(N2CCN(C(CCCCCC)CCCCCCC)CC2)n1. The van der Waals surface area contributed by atoms with Crippen molar-refractivity contribution >= 4 is 30.8 Å². The molecule has 2 N–H and O–H groups in total. The third kappa shape index (κ3) is 14.7. The number of unbranched alkanes of at least 4 members (excludes halogenated alkanes) is 12. The van der Waals surface area contributed by atoms with Crippen molar-refractivity contribution in [3.8, 4) is 0 Å². The summed E-state index contributed by atoms with van der Waals surface area (Å²) in [6.07, 6.45) is 23.6. The van der Waals surface area contributed by atoms with Crippen LogP contribution in [0.4, 0.5) is 11.9 Å². The second-order valence-corrected chi connectivity index (χ2v) is 12.3. The zero-order chi connectivity index (χ0) is 29.7. The molecule has 1 unspecified atom stereocenters. The van der Waals surface area contributed by atoms with Gasteiger partial charge in [-0.1, -0.05) is 123 Å². The van der Waals surface area contributed by atoms with E-state index in [9.17, 15) is 4.79 Å². The summed E-state index contributed by atoms with van der Waals surface area (Å²) in [6, 6.07) is 0.694. The van der Waals surface area contributed by atoms with E-state index in [1.54, 1.807) is 4.90 Å². The Bertz CT molecular complexity index is 819. The van der Waals surface area contributed by atoms with Gasteiger partial charge in [0.25, 0.3) is 0 Å². The molecule has 1 saturated heterocycles. The first kappa shape index (κ1) is 35.3. The van der Waals surface area contributed by atoms with Crippen LogP contribution in [0.1, 0.15) is 130 Å². The number of hydrogen-bond donors (Lipinski definition) is 1. The molecule has 41 heavy (non-hydrogen) atoms. The Labute approximate surface area is 252 Å². The third-order valence-corrected chi connectivity index (χ3v) is 8.54. The Morgan fingerprint density at radius 3 is 1.90 bits per heavy atom. The molecule has 1 aromatic heterocycles. The molecule has 234 valence electrons. The molecule has 8 nitrogen and oxygen atoms in total. The second-order valence-electron chi connectivity index (χ2n) is 12.3. The molecule has 1 atom stereocenters. The Kier molecular flexibility index (Phi) is 18.7. The fraction of sp³-hybridized carbons (Fsp3) is 0.875. The largest absolute Gasteiger partial charge is 0.368 e. The third-order valence-electron chi connectivity index (χ3n) is 8.54. The van der Waals surface area contributed by atoms with Crippen molar-refractivity contribution in [2.45, 2.75) is 142 Å². The summed E-state index contributed by atoms with van der Waals surface area (Å²) in [4.78, 5) is 32.9. The van der Waals surface area contributed by atoms with Crippen LogP contribution < -0.4 is 21.3 Å². The standard InChI is InChI=1S/C32H62BN7O/c1-5-8-11-14-16-19-22-33-30-35-31(38(4)27-29(34)41)37-32(36-30)40-25-23-39(24-26-40)28(20-17-13-10-7-3)21-18-15-12-9-6-2/h28,33H,5-27H2,1-4H3,(H2,34,41). The average Bonchev–Trinajstić information content (AvgIpc) is 2.97. The Balaban J connectivity index is 2.01. The van der Waals surface area contributed by atoms with E-state index in [0.717, 1.165) is 51.5 Å². The number of likely N-dealkylation sites (N-methyl/N-ethyl adjacent to an activating group) is 1. The zero-order valence-electron chi connectivity index (χ0n) is 27.2. The number of rotatable bonds is 24. The van der Waals surface area contributed by atoms with E-state index in [4.69, 9.17) is 20.7 Å². The van der Waals surface area contributed by atoms with E-state index < -0.39 is 0 Å². The van der Waals surface area contributed by atoms with Crippen LogP contribution in [0, 0.1) is 0 Å². The maximum atomic E-state index is 11.6. The van der Waals surface area contributed by atoms with Crippen molar-refractivity contribution in [2.24, 2.45) is 5.73 Å². The number of nitrogens with zero attached hydrogens (tertiary/aromatic N) is 6. The predicted molar refractivity (Wildman–Crippen MR) is 177 cm³/mol. The highest BCUT2D eigenvalue weighted by Crippen LogP contribution is 2.21. The Hall–Kier alpha value is -1.90. The van der Waals surface area contributed by atoms with Gasteiger partial charge in [0, 0.05) is 39.3 Å². The van der Waals surface area contributed by atoms with E-state index >= 15 is 0 Å². The van der Waals surface area contributed by atoms with Crippen molar-refractivity contribution in [3.05, 3.63) is 0 Å². The number of hydrogen-bond acceptors (Lipinski definition) is 7. The number of carbonyl (C=O) groups is 1. The first-order valence-corrected chi connectivity index (χ1v) is 17.2. The first-order chi connectivity index (χ1) is 20.0. The Morgan fingerprint density at radius 2 is 1.32 bits per heavy atom. The van der Waals surface area contributed by atoms with Crippen LogP contribution in [0.2, 0.25) is 6.32 Å². The predicted octanol–water partition coefficient (Wildman–Crippen LogP) is 5.46. The van der Waals surface area contributed by atoms with Gasteiger partial charge in [-0.15, -0.1) is 0 Å². The van der Waals surface area contributed by atoms with Crippen molar-refractivity contribution in [2.75, 3.05) is 49.6 Å². The number of carbonyl (C=O) groups excluding carboxylic acids is 1. The normalized spacial score (nSPS) is 14.8. The van der Waals surface area contributed by atoms with Gasteiger partial charge in [0.2, 0.25) is 25.1 Å². The molecule has 1 fully saturated rings. The molecule has 1 aliphatic heterocycles. The lowest BCUT2D eigenvalue weighted by molar-refractivity contribution is -0.116. The number of primary amides is 1. The summed E-state index contributed by atoms with van der Waals surface area (Å²) in [5.41, 5.74) is 6.32. The van der Waals surface area contributed by atoms with Crippen molar-refractivity contribution in [3.63, 3.8) is 0 Å². The second kappa shape index (κ2) is 21.8. The minimum absolute atomic E-state index is 0.103. The van der Waals surface area contributed by atoms with Gasteiger partial charge in [0.05, 0.1) is 12.3 Å². The highest BCUT2D eigenvalue weighted by molar-refractivity contribution is 6.51. The molecule has 0 bridgehead atoms. The lowest BCUT2D eigenvalue weighted by atomic mass is 9.72. The zero-order valence-corrected chi connectivity index (χ0v) is 27.2. The molecule has 9 heteroatoms. The van der Waals surface area contributed by atoms with Crippen molar-refractivity contribution in [1.29, 1.82) is 0 Å². The quantitative estimate of drug-likeness (QED) is 0.130. The van der Waals surface area contributed by atoms with Crippen molar-refractivity contribution in [1.82, 2.24) is 19.9 Å². The van der Waals surface area contributed by atoms with Crippen LogP contribution in [0.25, 0.3) is 0 Å². The molecule has 2 rings (SSSR count). The maximum Gasteiger partial charge on any atom is 0.237 e. The topological polar surface area (TPSA) is 91.5 Å². The van der Waals surface area contributed by atoms with Gasteiger partial charge in [-0.05, 0) is 12.8 Å². The van der Waals surface area contributed by atoms with Crippen molar-refractivity contribution < 1.29 is 4.79 Å². The van der Waals surface area contributed by atoms with E-state index in [1.807, 2.05) is 7.05 Å². The summed E-state index contributed by atoms with van der Waals surface area (Å²) in [5, 5.41) is 0. The van der Waals surface area contributed by atoms with Crippen LogP contribution in [0.15, 0.2) is 0 Å². The van der Waals surface area contributed by atoms with E-state index in [1.165, 1.54) is 109 Å². The molecule has 0 aliphatic carbocycles. The Morgan fingerprint density at radius 1 is 0.780 bits per heavy atom. The first-order valence-electron chi connectivity index (χ1n) is 17.2. The fourth-order valence-electron chi connectivity index (χ4n) is 5.95. The van der Waals surface area contributed by atoms with Gasteiger partial charge in [-0.25, -0.2) is 9.97 Å². The molecule has 1 aliphatic rings. The summed E-state index contributed by atoms with van der Waals surface area (Å²) in [6.45, 7) is 10.9. The highest BCUT2D eigenvalue weighted by atomic mass is 16.1. The molecule has 0 aromatic carbocycles. The summed E-state index contributed by atoms with van der Waals surface area (Å²) in [7, 11) is 2.68. The van der Waals surface area contributed by atoms with Gasteiger partial charge in [-0.2, -0.15) is 4.98 Å². The van der Waals surface area contributed by atoms with E-state index in [-0.39, 0.29) is 12.5 Å². The molecule has 0 saturated carbocycles. The van der Waals surface area contributed by atoms with Gasteiger partial charge < -0.3 is 15.5 Å². The molecule has 1 aromatic rings. The summed E-state index contributed by atoms with van der Waals surface area (Å²) >= 11 is 0. The monoisotopic (exact) mass is 572 g/mol. The fourth-order valence-corrected chi connectivity index (χ4v) is 5.95. The van der Waals surface area contributed by atoms with E-state index in [0.29, 0.717) is 12.0 Å². The lowest BCUT2D eigenvalue weighted by Crippen LogP contribution is -2.51. The van der Waals surface area contributed by atoms with Crippen LogP contribution >= 0.6 is 0 Å². The molecular weight excluding hydrogens is 509 g/mol. The van der Waals surface area contributed by atoms with Crippen LogP contribution in [0.5, 0.6) is 0 Å². The molecule has 2 heterocycles. The summed E-state index contributed by atoms with van der Waals surface area (Å²) in [5.74, 6) is 0.925. The molecule has 0 spiro atoms. The lowest BCUT2D eigenvalue weighted by Gasteiger charge is -2.39. The van der Waals surface area contributed by atoms with Gasteiger partial charge in [0.1, 0.15) is 0 Å². The number of amides is 1. The minimum Gasteiger partial charge on any atom is -0.368 e. The average molecular weight is 572 g/mol.